The van der Waals surface area contributed by atoms with Gasteiger partial charge in [-0.05, 0) is 74.0 Å². The van der Waals surface area contributed by atoms with Crippen molar-refractivity contribution < 1.29 is 24.2 Å². The summed E-state index contributed by atoms with van der Waals surface area (Å²) in [4.78, 5) is 36.0. The minimum atomic E-state index is -1.39. The lowest BCUT2D eigenvalue weighted by atomic mass is 9.44. The number of fused-ring (bicyclic) bond motifs is 5. The van der Waals surface area contributed by atoms with E-state index in [0.29, 0.717) is 42.3 Å². The number of rotatable bonds is 3. The highest BCUT2D eigenvalue weighted by atomic mass is 16.5. The molecule has 4 saturated carbocycles. The van der Waals surface area contributed by atoms with Crippen molar-refractivity contribution in [3.8, 4) is 0 Å². The zero-order valence-electron chi connectivity index (χ0n) is 17.5. The van der Waals surface area contributed by atoms with Crippen LogP contribution in [0.25, 0.3) is 0 Å². The standard InChI is InChI=1S/C23H34O5/c1-14(24)28-13-20(26)23(27)11-8-19-17-5-4-15-12-16(25)6-9-21(15,2)18(17)7-10-22(19,23)3/h15,17-19,27H,4-13H2,1-3H3/t15-,17-,18+,19+,21-,22+,23+/m0/s1. The Morgan fingerprint density at radius 1 is 1.07 bits per heavy atom. The number of hydrogen-bond donors (Lipinski definition) is 1. The zero-order valence-corrected chi connectivity index (χ0v) is 17.5. The second-order valence-electron chi connectivity index (χ2n) is 10.5. The normalized spacial score (nSPS) is 47.6. The molecule has 0 unspecified atom stereocenters. The van der Waals surface area contributed by atoms with E-state index in [2.05, 4.69) is 13.8 Å². The van der Waals surface area contributed by atoms with Gasteiger partial charge in [0.15, 0.2) is 6.61 Å². The van der Waals surface area contributed by atoms with Crippen LogP contribution in [0.2, 0.25) is 0 Å². The van der Waals surface area contributed by atoms with Crippen LogP contribution in [-0.4, -0.2) is 34.9 Å². The monoisotopic (exact) mass is 390 g/mol. The molecule has 4 rings (SSSR count). The highest BCUT2D eigenvalue weighted by molar-refractivity contribution is 5.91. The SMILES string of the molecule is CC(=O)OCC(=O)[C@]1(O)CC[C@@H]2[C@H]3CC[C@H]4CC(=O)CC[C@]4(C)[C@@H]3CC[C@]21C. The molecule has 4 aliphatic rings. The first kappa shape index (κ1) is 20.1. The maximum atomic E-state index is 12.9. The molecule has 0 spiro atoms. The van der Waals surface area contributed by atoms with Gasteiger partial charge in [0, 0.05) is 25.2 Å². The predicted molar refractivity (Wildman–Crippen MR) is 103 cm³/mol. The minimum Gasteiger partial charge on any atom is -0.458 e. The molecule has 0 aromatic carbocycles. The van der Waals surface area contributed by atoms with Gasteiger partial charge >= 0.3 is 5.97 Å². The van der Waals surface area contributed by atoms with Gasteiger partial charge < -0.3 is 9.84 Å². The van der Waals surface area contributed by atoms with Crippen LogP contribution in [0.3, 0.4) is 0 Å². The van der Waals surface area contributed by atoms with Crippen molar-refractivity contribution in [1.82, 2.24) is 0 Å². The van der Waals surface area contributed by atoms with Gasteiger partial charge in [0.1, 0.15) is 11.4 Å². The van der Waals surface area contributed by atoms with E-state index in [9.17, 15) is 19.5 Å². The zero-order chi connectivity index (χ0) is 20.3. The maximum absolute atomic E-state index is 12.9. The van der Waals surface area contributed by atoms with Crippen molar-refractivity contribution in [2.45, 2.75) is 84.2 Å². The van der Waals surface area contributed by atoms with Crippen LogP contribution in [0.5, 0.6) is 0 Å². The van der Waals surface area contributed by atoms with E-state index >= 15 is 0 Å². The summed E-state index contributed by atoms with van der Waals surface area (Å²) < 4.78 is 4.93. The lowest BCUT2D eigenvalue weighted by molar-refractivity contribution is -0.175. The molecule has 5 heteroatoms. The molecule has 0 radical (unpaired) electrons. The molecule has 5 nitrogen and oxygen atoms in total. The van der Waals surface area contributed by atoms with Gasteiger partial charge in [0.2, 0.25) is 5.78 Å². The fraction of sp³-hybridized carbons (Fsp3) is 0.870. The van der Waals surface area contributed by atoms with Crippen molar-refractivity contribution in [2.75, 3.05) is 6.61 Å². The number of carbonyl (C=O) groups excluding carboxylic acids is 3. The van der Waals surface area contributed by atoms with Gasteiger partial charge in [0.05, 0.1) is 0 Å². The summed E-state index contributed by atoms with van der Waals surface area (Å²) in [6, 6.07) is 0. The number of hydrogen-bond acceptors (Lipinski definition) is 5. The first-order chi connectivity index (χ1) is 13.1. The van der Waals surface area contributed by atoms with Crippen molar-refractivity contribution in [1.29, 1.82) is 0 Å². The van der Waals surface area contributed by atoms with Gasteiger partial charge in [-0.3, -0.25) is 14.4 Å². The lowest BCUT2D eigenvalue weighted by Crippen LogP contribution is -2.59. The Morgan fingerprint density at radius 3 is 2.50 bits per heavy atom. The Kier molecular flexibility index (Phi) is 4.76. The largest absolute Gasteiger partial charge is 0.458 e. The summed E-state index contributed by atoms with van der Waals surface area (Å²) in [5.41, 5.74) is -1.61. The molecule has 0 bridgehead atoms. The van der Waals surface area contributed by atoms with Crippen LogP contribution in [0, 0.1) is 34.5 Å². The second-order valence-corrected chi connectivity index (χ2v) is 10.5. The van der Waals surface area contributed by atoms with Gasteiger partial charge in [-0.1, -0.05) is 13.8 Å². The van der Waals surface area contributed by atoms with Crippen LogP contribution in [0.15, 0.2) is 0 Å². The van der Waals surface area contributed by atoms with E-state index in [1.54, 1.807) is 0 Å². The summed E-state index contributed by atoms with van der Waals surface area (Å²) in [5, 5.41) is 11.5. The summed E-state index contributed by atoms with van der Waals surface area (Å²) in [6.45, 7) is 5.45. The molecule has 0 aromatic heterocycles. The molecule has 28 heavy (non-hydrogen) atoms. The summed E-state index contributed by atoms with van der Waals surface area (Å²) in [6.07, 6.45) is 7.82. The number of Topliss-reactive ketones (excluding diaryl/α,β-unsaturated/α-hetero) is 2. The Morgan fingerprint density at radius 2 is 1.79 bits per heavy atom. The molecule has 0 saturated heterocycles. The molecule has 156 valence electrons. The number of esters is 1. The molecule has 7 atom stereocenters. The van der Waals surface area contributed by atoms with Crippen LogP contribution in [0.1, 0.15) is 78.6 Å². The predicted octanol–water partition coefficient (Wildman–Crippen LogP) is 3.46. The fourth-order valence-electron chi connectivity index (χ4n) is 7.81. The van der Waals surface area contributed by atoms with E-state index in [1.807, 2.05) is 0 Å². The van der Waals surface area contributed by atoms with Crippen LogP contribution < -0.4 is 0 Å². The van der Waals surface area contributed by atoms with Gasteiger partial charge in [-0.25, -0.2) is 0 Å². The highest BCUT2D eigenvalue weighted by Crippen LogP contribution is 2.68. The second kappa shape index (κ2) is 6.65. The minimum absolute atomic E-state index is 0.223. The van der Waals surface area contributed by atoms with Crippen molar-refractivity contribution in [3.05, 3.63) is 0 Å². The van der Waals surface area contributed by atoms with Crippen molar-refractivity contribution in [2.24, 2.45) is 34.5 Å². The maximum Gasteiger partial charge on any atom is 0.303 e. The van der Waals surface area contributed by atoms with Crippen LogP contribution >= 0.6 is 0 Å². The first-order valence-corrected chi connectivity index (χ1v) is 11.0. The molecule has 0 heterocycles. The van der Waals surface area contributed by atoms with Gasteiger partial charge in [0.25, 0.3) is 0 Å². The molecule has 0 amide bonds. The fourth-order valence-corrected chi connectivity index (χ4v) is 7.81. The van der Waals surface area contributed by atoms with Crippen LogP contribution in [-0.2, 0) is 19.1 Å². The summed E-state index contributed by atoms with van der Waals surface area (Å²) in [5.74, 6) is 1.53. The Bertz CT molecular complexity index is 701. The molecule has 4 aliphatic carbocycles. The lowest BCUT2D eigenvalue weighted by Gasteiger charge is -2.60. The first-order valence-electron chi connectivity index (χ1n) is 11.0. The van der Waals surface area contributed by atoms with E-state index in [1.165, 1.54) is 6.92 Å². The molecule has 0 aromatic rings. The summed E-state index contributed by atoms with van der Waals surface area (Å²) >= 11 is 0. The number of ketones is 2. The third-order valence-corrected chi connectivity index (χ3v) is 9.50. The molecular formula is C23H34O5. The Balaban J connectivity index is 1.57. The van der Waals surface area contributed by atoms with E-state index in [0.717, 1.165) is 44.9 Å². The van der Waals surface area contributed by atoms with E-state index < -0.39 is 17.0 Å². The third-order valence-electron chi connectivity index (χ3n) is 9.50. The Hall–Kier alpha value is -1.23. The molecule has 0 aliphatic heterocycles. The van der Waals surface area contributed by atoms with E-state index in [4.69, 9.17) is 4.74 Å². The van der Waals surface area contributed by atoms with E-state index in [-0.39, 0.29) is 17.8 Å². The number of aliphatic hydroxyl groups is 1. The smallest absolute Gasteiger partial charge is 0.303 e. The average molecular weight is 391 g/mol. The molecular weight excluding hydrogens is 356 g/mol. The van der Waals surface area contributed by atoms with Crippen molar-refractivity contribution in [3.63, 3.8) is 0 Å². The summed E-state index contributed by atoms with van der Waals surface area (Å²) in [7, 11) is 0. The van der Waals surface area contributed by atoms with Crippen molar-refractivity contribution >= 4 is 17.5 Å². The number of ether oxygens (including phenoxy) is 1. The quantitative estimate of drug-likeness (QED) is 0.747. The number of carbonyl (C=O) groups is 3. The third kappa shape index (κ3) is 2.72. The van der Waals surface area contributed by atoms with Gasteiger partial charge in [-0.15, -0.1) is 0 Å². The Labute approximate surface area is 167 Å². The molecule has 1 N–H and O–H groups in total. The highest BCUT2D eigenvalue weighted by Gasteiger charge is 2.66. The average Bonchev–Trinajstić information content (AvgIpc) is 2.92. The van der Waals surface area contributed by atoms with Crippen LogP contribution in [0.4, 0.5) is 0 Å². The van der Waals surface area contributed by atoms with Gasteiger partial charge in [-0.2, -0.15) is 0 Å². The molecule has 4 fully saturated rings. The topological polar surface area (TPSA) is 80.7 Å².